The largest absolute Gasteiger partial charge is 0.454 e. The fourth-order valence-corrected chi connectivity index (χ4v) is 4.60. The molecule has 3 heterocycles. The lowest BCUT2D eigenvalue weighted by Crippen LogP contribution is -1.98. The molecule has 0 saturated carbocycles. The molecule has 0 unspecified atom stereocenters. The van der Waals surface area contributed by atoms with Crippen LogP contribution in [0.2, 0.25) is 0 Å². The predicted molar refractivity (Wildman–Crippen MR) is 94.8 cm³/mol. The lowest BCUT2D eigenvalue weighted by molar-refractivity contribution is 0.174. The third-order valence-electron chi connectivity index (χ3n) is 4.59. The lowest BCUT2D eigenvalue weighted by atomic mass is 9.97. The van der Waals surface area contributed by atoms with E-state index in [0.29, 0.717) is 12.4 Å². The van der Waals surface area contributed by atoms with E-state index in [-0.39, 0.29) is 6.79 Å². The standard InChI is InChI=1S/C18H16N4O2S/c1-2-4-15-12(3-1)16-17(19-9-20-18(16)25-15)22-21-8-11-5-6-13-14(7-11)24-10-23-13/h5-7,9H,1-4,8,10H2. The van der Waals surface area contributed by atoms with Crippen LogP contribution in [-0.4, -0.2) is 16.8 Å². The van der Waals surface area contributed by atoms with Crippen LogP contribution in [0.25, 0.3) is 10.2 Å². The van der Waals surface area contributed by atoms with Crippen LogP contribution in [0.3, 0.4) is 0 Å². The van der Waals surface area contributed by atoms with Gasteiger partial charge in [0.05, 0.1) is 11.9 Å². The van der Waals surface area contributed by atoms with Gasteiger partial charge < -0.3 is 9.47 Å². The number of aryl methyl sites for hydroxylation is 2. The minimum atomic E-state index is 0.280. The molecule has 2 aromatic heterocycles. The monoisotopic (exact) mass is 352 g/mol. The molecule has 3 aromatic rings. The number of hydrogen-bond donors (Lipinski definition) is 0. The number of fused-ring (bicyclic) bond motifs is 4. The number of hydrogen-bond acceptors (Lipinski definition) is 7. The molecule has 0 radical (unpaired) electrons. The number of azo groups is 1. The normalized spacial score (nSPS) is 15.8. The number of benzene rings is 1. The van der Waals surface area contributed by atoms with Crippen LogP contribution < -0.4 is 9.47 Å². The molecular weight excluding hydrogens is 336 g/mol. The molecule has 0 fully saturated rings. The fourth-order valence-electron chi connectivity index (χ4n) is 3.37. The smallest absolute Gasteiger partial charge is 0.231 e. The third-order valence-corrected chi connectivity index (χ3v) is 5.79. The van der Waals surface area contributed by atoms with Gasteiger partial charge in [0.1, 0.15) is 11.2 Å². The highest BCUT2D eigenvalue weighted by Gasteiger charge is 2.19. The number of aromatic nitrogens is 2. The number of nitrogens with zero attached hydrogens (tertiary/aromatic N) is 4. The van der Waals surface area contributed by atoms with Crippen LogP contribution >= 0.6 is 11.3 Å². The van der Waals surface area contributed by atoms with Gasteiger partial charge in [-0.15, -0.1) is 16.5 Å². The van der Waals surface area contributed by atoms with E-state index >= 15 is 0 Å². The summed E-state index contributed by atoms with van der Waals surface area (Å²) in [6.07, 6.45) is 6.30. The van der Waals surface area contributed by atoms with Crippen LogP contribution in [0.5, 0.6) is 11.5 Å². The van der Waals surface area contributed by atoms with Crippen LogP contribution in [0.1, 0.15) is 28.8 Å². The number of thiophene rings is 1. The van der Waals surface area contributed by atoms with Gasteiger partial charge in [-0.25, -0.2) is 9.97 Å². The second-order valence-corrected chi connectivity index (χ2v) is 7.26. The Morgan fingerprint density at radius 3 is 3.00 bits per heavy atom. The summed E-state index contributed by atoms with van der Waals surface area (Å²) in [6.45, 7) is 0.761. The first-order valence-corrected chi connectivity index (χ1v) is 9.21. The van der Waals surface area contributed by atoms with E-state index in [4.69, 9.17) is 9.47 Å². The Kier molecular flexibility index (Phi) is 3.59. The molecule has 0 atom stereocenters. The molecule has 126 valence electrons. The molecule has 0 spiro atoms. The average molecular weight is 352 g/mol. The summed E-state index contributed by atoms with van der Waals surface area (Å²) in [4.78, 5) is 11.3. The zero-order valence-electron chi connectivity index (χ0n) is 13.6. The molecule has 1 aliphatic heterocycles. The summed E-state index contributed by atoms with van der Waals surface area (Å²) < 4.78 is 10.7. The van der Waals surface area contributed by atoms with Crippen molar-refractivity contribution in [3.05, 3.63) is 40.5 Å². The Hall–Kier alpha value is -2.54. The van der Waals surface area contributed by atoms with Crippen molar-refractivity contribution < 1.29 is 9.47 Å². The van der Waals surface area contributed by atoms with Crippen molar-refractivity contribution in [3.63, 3.8) is 0 Å². The summed E-state index contributed by atoms with van der Waals surface area (Å²) in [5, 5.41) is 9.87. The van der Waals surface area contributed by atoms with E-state index in [1.165, 1.54) is 23.3 Å². The average Bonchev–Trinajstić information content (AvgIpc) is 3.25. The first-order chi connectivity index (χ1) is 12.4. The van der Waals surface area contributed by atoms with Gasteiger partial charge in [0, 0.05) is 4.88 Å². The van der Waals surface area contributed by atoms with Crippen LogP contribution in [0, 0.1) is 0 Å². The van der Waals surface area contributed by atoms with E-state index in [1.807, 2.05) is 18.2 Å². The van der Waals surface area contributed by atoms with Crippen molar-refractivity contribution in [2.24, 2.45) is 10.2 Å². The molecule has 1 aromatic carbocycles. The highest BCUT2D eigenvalue weighted by atomic mass is 32.1. The number of ether oxygens (including phenoxy) is 2. The highest BCUT2D eigenvalue weighted by molar-refractivity contribution is 7.18. The molecule has 5 rings (SSSR count). The summed E-state index contributed by atoms with van der Waals surface area (Å²) >= 11 is 1.77. The van der Waals surface area contributed by atoms with E-state index in [9.17, 15) is 0 Å². The molecular formula is C18H16N4O2S. The Morgan fingerprint density at radius 1 is 1.08 bits per heavy atom. The van der Waals surface area contributed by atoms with E-state index in [1.54, 1.807) is 17.7 Å². The quantitative estimate of drug-likeness (QED) is 0.647. The van der Waals surface area contributed by atoms with E-state index < -0.39 is 0 Å². The molecule has 0 N–H and O–H groups in total. The molecule has 25 heavy (non-hydrogen) atoms. The maximum Gasteiger partial charge on any atom is 0.231 e. The Morgan fingerprint density at radius 2 is 2.00 bits per heavy atom. The molecule has 0 amide bonds. The van der Waals surface area contributed by atoms with Gasteiger partial charge in [-0.2, -0.15) is 5.11 Å². The van der Waals surface area contributed by atoms with Gasteiger partial charge >= 0.3 is 0 Å². The van der Waals surface area contributed by atoms with Crippen molar-refractivity contribution in [1.29, 1.82) is 0 Å². The SMILES string of the molecule is c1nc(N=NCc2ccc3c(c2)OCO3)c2c3c(sc2n1)CCCC3. The second kappa shape index (κ2) is 6.07. The first-order valence-electron chi connectivity index (χ1n) is 8.40. The first kappa shape index (κ1) is 14.8. The summed E-state index contributed by atoms with van der Waals surface area (Å²) in [7, 11) is 0. The van der Waals surface area contributed by atoms with Crippen molar-refractivity contribution in [2.75, 3.05) is 6.79 Å². The molecule has 2 aliphatic rings. The fraction of sp³-hybridized carbons (Fsp3) is 0.333. The highest BCUT2D eigenvalue weighted by Crippen LogP contribution is 2.39. The van der Waals surface area contributed by atoms with Crippen LogP contribution in [0.4, 0.5) is 5.82 Å². The third kappa shape index (κ3) is 2.64. The van der Waals surface area contributed by atoms with Crippen LogP contribution in [-0.2, 0) is 19.4 Å². The Bertz CT molecular complexity index is 983. The van der Waals surface area contributed by atoms with Gasteiger partial charge in [0.15, 0.2) is 17.3 Å². The minimum Gasteiger partial charge on any atom is -0.454 e. The minimum absolute atomic E-state index is 0.280. The molecule has 0 saturated heterocycles. The van der Waals surface area contributed by atoms with Gasteiger partial charge in [-0.05, 0) is 48.9 Å². The Labute approximate surface area is 148 Å². The van der Waals surface area contributed by atoms with Gasteiger partial charge in [-0.1, -0.05) is 6.07 Å². The topological polar surface area (TPSA) is 69.0 Å². The van der Waals surface area contributed by atoms with E-state index in [2.05, 4.69) is 20.2 Å². The van der Waals surface area contributed by atoms with Crippen molar-refractivity contribution in [3.8, 4) is 11.5 Å². The van der Waals surface area contributed by atoms with Crippen molar-refractivity contribution in [1.82, 2.24) is 9.97 Å². The van der Waals surface area contributed by atoms with E-state index in [0.717, 1.165) is 40.1 Å². The molecule has 7 heteroatoms. The molecule has 6 nitrogen and oxygen atoms in total. The van der Waals surface area contributed by atoms with Gasteiger partial charge in [0.25, 0.3) is 0 Å². The summed E-state index contributed by atoms with van der Waals surface area (Å²) in [6, 6.07) is 5.84. The summed E-state index contributed by atoms with van der Waals surface area (Å²) in [5.41, 5.74) is 2.41. The Balaban J connectivity index is 1.44. The maximum atomic E-state index is 5.40. The molecule has 0 bridgehead atoms. The summed E-state index contributed by atoms with van der Waals surface area (Å²) in [5.74, 6) is 2.23. The zero-order valence-corrected chi connectivity index (χ0v) is 14.4. The predicted octanol–water partition coefficient (Wildman–Crippen LogP) is 4.58. The van der Waals surface area contributed by atoms with Crippen molar-refractivity contribution >= 4 is 27.4 Å². The van der Waals surface area contributed by atoms with Gasteiger partial charge in [0.2, 0.25) is 6.79 Å². The molecule has 1 aliphatic carbocycles. The number of rotatable bonds is 3. The van der Waals surface area contributed by atoms with Gasteiger partial charge in [-0.3, -0.25) is 0 Å². The van der Waals surface area contributed by atoms with Crippen LogP contribution in [0.15, 0.2) is 34.8 Å². The maximum absolute atomic E-state index is 5.40. The lowest BCUT2D eigenvalue weighted by Gasteiger charge is -2.10. The van der Waals surface area contributed by atoms with Crippen molar-refractivity contribution in [2.45, 2.75) is 32.2 Å². The zero-order chi connectivity index (χ0) is 16.6. The second-order valence-electron chi connectivity index (χ2n) is 6.18.